The summed E-state index contributed by atoms with van der Waals surface area (Å²) in [5, 5.41) is 8.89. The van der Waals surface area contributed by atoms with Crippen LogP contribution < -0.4 is 4.74 Å². The number of aromatic nitrogens is 1. The van der Waals surface area contributed by atoms with Gasteiger partial charge in [0.2, 0.25) is 0 Å². The average Bonchev–Trinajstić information content (AvgIpc) is 2.27. The molecule has 0 aromatic carbocycles. The molecule has 1 aromatic heterocycles. The maximum atomic E-state index is 10.8. The predicted octanol–water partition coefficient (Wildman–Crippen LogP) is 1.91. The number of carboxylic acids is 1. The van der Waals surface area contributed by atoms with Crippen molar-refractivity contribution >= 4 is 5.97 Å². The normalized spacial score (nSPS) is 14.3. The summed E-state index contributed by atoms with van der Waals surface area (Å²) < 4.78 is 5.04. The molecular weight excluding hydrogens is 194 g/mol. The summed E-state index contributed by atoms with van der Waals surface area (Å²) in [6, 6.07) is 1.82. The SMILES string of the molecule is COc1cncc(C(C)C(C)C(=O)O)c1. The summed E-state index contributed by atoms with van der Waals surface area (Å²) in [5.41, 5.74) is 0.879. The molecule has 0 saturated carbocycles. The van der Waals surface area contributed by atoms with Crippen LogP contribution in [-0.2, 0) is 4.79 Å². The molecule has 82 valence electrons. The van der Waals surface area contributed by atoms with Crippen LogP contribution >= 0.6 is 0 Å². The van der Waals surface area contributed by atoms with Crippen molar-refractivity contribution in [3.05, 3.63) is 24.0 Å². The zero-order valence-electron chi connectivity index (χ0n) is 9.10. The molecule has 0 aliphatic carbocycles. The van der Waals surface area contributed by atoms with Gasteiger partial charge in [0.15, 0.2) is 0 Å². The number of carbonyl (C=O) groups is 1. The number of carboxylic acid groups (broad SMARTS) is 1. The first-order valence-electron chi connectivity index (χ1n) is 4.78. The fraction of sp³-hybridized carbons (Fsp3) is 0.455. The van der Waals surface area contributed by atoms with Gasteiger partial charge in [0, 0.05) is 6.20 Å². The van der Waals surface area contributed by atoms with Gasteiger partial charge in [0.05, 0.1) is 19.2 Å². The zero-order chi connectivity index (χ0) is 11.4. The summed E-state index contributed by atoms with van der Waals surface area (Å²) in [7, 11) is 1.56. The molecule has 1 N–H and O–H groups in total. The third kappa shape index (κ3) is 2.68. The highest BCUT2D eigenvalue weighted by Crippen LogP contribution is 2.25. The molecule has 0 fully saturated rings. The van der Waals surface area contributed by atoms with Crippen LogP contribution in [0.5, 0.6) is 5.75 Å². The number of ether oxygens (including phenoxy) is 1. The van der Waals surface area contributed by atoms with Gasteiger partial charge >= 0.3 is 5.97 Å². The molecule has 0 spiro atoms. The zero-order valence-corrected chi connectivity index (χ0v) is 9.10. The van der Waals surface area contributed by atoms with E-state index in [1.807, 2.05) is 13.0 Å². The molecule has 0 aliphatic rings. The van der Waals surface area contributed by atoms with E-state index in [0.29, 0.717) is 5.75 Å². The molecule has 1 rings (SSSR count). The monoisotopic (exact) mass is 209 g/mol. The summed E-state index contributed by atoms with van der Waals surface area (Å²) >= 11 is 0. The van der Waals surface area contributed by atoms with Crippen LogP contribution in [0, 0.1) is 5.92 Å². The van der Waals surface area contributed by atoms with Gasteiger partial charge in [-0.3, -0.25) is 9.78 Å². The van der Waals surface area contributed by atoms with Crippen LogP contribution in [0.15, 0.2) is 18.5 Å². The van der Waals surface area contributed by atoms with E-state index >= 15 is 0 Å². The van der Waals surface area contributed by atoms with Crippen molar-refractivity contribution in [1.29, 1.82) is 0 Å². The third-order valence-electron chi connectivity index (χ3n) is 2.64. The lowest BCUT2D eigenvalue weighted by molar-refractivity contribution is -0.141. The Hall–Kier alpha value is -1.58. The van der Waals surface area contributed by atoms with Gasteiger partial charge in [0.25, 0.3) is 0 Å². The number of hydrogen-bond donors (Lipinski definition) is 1. The quantitative estimate of drug-likeness (QED) is 0.822. The minimum atomic E-state index is -0.801. The molecule has 0 aliphatic heterocycles. The first-order chi connectivity index (χ1) is 7.06. The van der Waals surface area contributed by atoms with Crippen LogP contribution in [0.3, 0.4) is 0 Å². The van der Waals surface area contributed by atoms with Crippen LogP contribution in [-0.4, -0.2) is 23.2 Å². The van der Waals surface area contributed by atoms with Gasteiger partial charge in [-0.05, 0) is 17.5 Å². The Balaban J connectivity index is 2.90. The molecule has 0 saturated heterocycles. The summed E-state index contributed by atoms with van der Waals surface area (Å²) in [4.78, 5) is 14.8. The Labute approximate surface area is 88.9 Å². The molecule has 0 radical (unpaired) electrons. The molecule has 2 atom stereocenters. The van der Waals surface area contributed by atoms with E-state index < -0.39 is 11.9 Å². The fourth-order valence-corrected chi connectivity index (χ4v) is 1.30. The first kappa shape index (κ1) is 11.5. The van der Waals surface area contributed by atoms with Crippen molar-refractivity contribution in [2.45, 2.75) is 19.8 Å². The highest BCUT2D eigenvalue weighted by atomic mass is 16.5. The maximum absolute atomic E-state index is 10.8. The summed E-state index contributed by atoms with van der Waals surface area (Å²) in [6.45, 7) is 3.56. The van der Waals surface area contributed by atoms with Crippen molar-refractivity contribution in [2.24, 2.45) is 5.92 Å². The van der Waals surface area contributed by atoms with Gasteiger partial charge in [0.1, 0.15) is 5.75 Å². The highest BCUT2D eigenvalue weighted by molar-refractivity contribution is 5.70. The molecule has 4 heteroatoms. The summed E-state index contributed by atoms with van der Waals surface area (Å²) in [5.74, 6) is -0.661. The number of pyridine rings is 1. The van der Waals surface area contributed by atoms with E-state index in [4.69, 9.17) is 9.84 Å². The van der Waals surface area contributed by atoms with Gasteiger partial charge < -0.3 is 9.84 Å². The standard InChI is InChI=1S/C11H15NO3/c1-7(8(2)11(13)14)9-4-10(15-3)6-12-5-9/h4-8H,1-3H3,(H,13,14). The second-order valence-corrected chi connectivity index (χ2v) is 3.57. The van der Waals surface area contributed by atoms with Crippen LogP contribution in [0.25, 0.3) is 0 Å². The van der Waals surface area contributed by atoms with Crippen molar-refractivity contribution in [1.82, 2.24) is 4.98 Å². The number of hydrogen-bond acceptors (Lipinski definition) is 3. The molecule has 0 bridgehead atoms. The molecule has 4 nitrogen and oxygen atoms in total. The minimum absolute atomic E-state index is 0.0786. The van der Waals surface area contributed by atoms with Crippen molar-refractivity contribution in [3.63, 3.8) is 0 Å². The fourth-order valence-electron chi connectivity index (χ4n) is 1.30. The van der Waals surface area contributed by atoms with E-state index in [1.165, 1.54) is 0 Å². The predicted molar refractivity (Wildman–Crippen MR) is 56.0 cm³/mol. The maximum Gasteiger partial charge on any atom is 0.306 e. The molecule has 1 heterocycles. The Morgan fingerprint density at radius 2 is 2.13 bits per heavy atom. The molecule has 15 heavy (non-hydrogen) atoms. The Morgan fingerprint density at radius 1 is 1.47 bits per heavy atom. The van der Waals surface area contributed by atoms with Crippen molar-refractivity contribution < 1.29 is 14.6 Å². The Kier molecular flexibility index (Phi) is 3.66. The lowest BCUT2D eigenvalue weighted by Gasteiger charge is -2.16. The third-order valence-corrected chi connectivity index (χ3v) is 2.64. The van der Waals surface area contributed by atoms with Crippen LogP contribution in [0.1, 0.15) is 25.3 Å². The Bertz CT molecular complexity index is 351. The smallest absolute Gasteiger partial charge is 0.306 e. The van der Waals surface area contributed by atoms with Crippen molar-refractivity contribution in [2.75, 3.05) is 7.11 Å². The molecular formula is C11H15NO3. The van der Waals surface area contributed by atoms with Crippen LogP contribution in [0.2, 0.25) is 0 Å². The van der Waals surface area contributed by atoms with Gasteiger partial charge in [-0.1, -0.05) is 13.8 Å². The molecule has 0 amide bonds. The summed E-state index contributed by atoms with van der Waals surface area (Å²) in [6.07, 6.45) is 3.27. The molecule has 1 aromatic rings. The average molecular weight is 209 g/mol. The largest absolute Gasteiger partial charge is 0.495 e. The van der Waals surface area contributed by atoms with Gasteiger partial charge in [-0.2, -0.15) is 0 Å². The van der Waals surface area contributed by atoms with E-state index in [2.05, 4.69) is 4.98 Å². The Morgan fingerprint density at radius 3 is 2.67 bits per heavy atom. The van der Waals surface area contributed by atoms with E-state index in [1.54, 1.807) is 26.4 Å². The second kappa shape index (κ2) is 4.77. The number of aliphatic carboxylic acids is 1. The lowest BCUT2D eigenvalue weighted by atomic mass is 9.90. The second-order valence-electron chi connectivity index (χ2n) is 3.57. The van der Waals surface area contributed by atoms with E-state index in [9.17, 15) is 4.79 Å². The lowest BCUT2D eigenvalue weighted by Crippen LogP contribution is -2.16. The van der Waals surface area contributed by atoms with Gasteiger partial charge in [-0.15, -0.1) is 0 Å². The molecule has 2 unspecified atom stereocenters. The highest BCUT2D eigenvalue weighted by Gasteiger charge is 2.21. The number of nitrogens with zero attached hydrogens (tertiary/aromatic N) is 1. The van der Waals surface area contributed by atoms with E-state index in [-0.39, 0.29) is 5.92 Å². The topological polar surface area (TPSA) is 59.4 Å². The minimum Gasteiger partial charge on any atom is -0.495 e. The number of methoxy groups -OCH3 is 1. The van der Waals surface area contributed by atoms with Crippen molar-refractivity contribution in [3.8, 4) is 5.75 Å². The van der Waals surface area contributed by atoms with E-state index in [0.717, 1.165) is 5.56 Å². The first-order valence-corrected chi connectivity index (χ1v) is 4.78. The number of rotatable bonds is 4. The van der Waals surface area contributed by atoms with Gasteiger partial charge in [-0.25, -0.2) is 0 Å². The van der Waals surface area contributed by atoms with Crippen LogP contribution in [0.4, 0.5) is 0 Å².